The van der Waals surface area contributed by atoms with E-state index in [0.717, 1.165) is 25.5 Å². The van der Waals surface area contributed by atoms with E-state index in [9.17, 15) is 0 Å². The maximum atomic E-state index is 4.08. The first-order valence-corrected chi connectivity index (χ1v) is 4.62. The van der Waals surface area contributed by atoms with Crippen LogP contribution in [-0.2, 0) is 0 Å². The molecule has 2 rings (SSSR count). The Morgan fingerprint density at radius 1 is 1.57 bits per heavy atom. The number of nitrogens with one attached hydrogen (secondary N) is 1. The van der Waals surface area contributed by atoms with Crippen molar-refractivity contribution >= 4 is 18.2 Å². The Morgan fingerprint density at radius 3 is 3.07 bits per heavy atom. The number of aromatic nitrogens is 2. The van der Waals surface area contributed by atoms with Crippen LogP contribution >= 0.6 is 12.4 Å². The standard InChI is InChI=1S/C9H14N4.ClH/c1-8-7-13(6-5-10-8)9-3-2-4-11-12-9;/h2-4,8,10H,5-7H2,1H3;1H. The summed E-state index contributed by atoms with van der Waals surface area (Å²) in [7, 11) is 0. The van der Waals surface area contributed by atoms with E-state index in [-0.39, 0.29) is 12.4 Å². The lowest BCUT2D eigenvalue weighted by Crippen LogP contribution is -2.49. The summed E-state index contributed by atoms with van der Waals surface area (Å²) in [5, 5.41) is 11.3. The molecule has 1 fully saturated rings. The Balaban J connectivity index is 0.000000980. The Hall–Kier alpha value is -0.870. The van der Waals surface area contributed by atoms with Crippen molar-refractivity contribution in [3.8, 4) is 0 Å². The molecule has 0 saturated carbocycles. The quantitative estimate of drug-likeness (QED) is 0.747. The van der Waals surface area contributed by atoms with Gasteiger partial charge in [0.05, 0.1) is 0 Å². The van der Waals surface area contributed by atoms with Crippen molar-refractivity contribution in [3.63, 3.8) is 0 Å². The van der Waals surface area contributed by atoms with E-state index in [4.69, 9.17) is 0 Å². The molecule has 1 aromatic rings. The first kappa shape index (κ1) is 11.2. The first-order valence-electron chi connectivity index (χ1n) is 4.62. The normalized spacial score (nSPS) is 21.5. The van der Waals surface area contributed by atoms with Crippen LogP contribution in [0, 0.1) is 0 Å². The monoisotopic (exact) mass is 214 g/mol. The van der Waals surface area contributed by atoms with Gasteiger partial charge in [-0.1, -0.05) is 0 Å². The average molecular weight is 215 g/mol. The zero-order valence-corrected chi connectivity index (χ0v) is 9.00. The number of nitrogens with zero attached hydrogens (tertiary/aromatic N) is 3. The third-order valence-corrected chi connectivity index (χ3v) is 2.25. The van der Waals surface area contributed by atoms with Gasteiger partial charge in [-0.05, 0) is 19.1 Å². The topological polar surface area (TPSA) is 41.1 Å². The maximum absolute atomic E-state index is 4.08. The zero-order valence-electron chi connectivity index (χ0n) is 8.18. The van der Waals surface area contributed by atoms with Gasteiger partial charge in [-0.2, -0.15) is 5.10 Å². The van der Waals surface area contributed by atoms with Crippen LogP contribution in [-0.4, -0.2) is 35.9 Å². The van der Waals surface area contributed by atoms with Crippen molar-refractivity contribution in [2.45, 2.75) is 13.0 Å². The van der Waals surface area contributed by atoms with Gasteiger partial charge < -0.3 is 10.2 Å². The third kappa shape index (κ3) is 2.56. The Morgan fingerprint density at radius 2 is 2.43 bits per heavy atom. The number of rotatable bonds is 1. The van der Waals surface area contributed by atoms with Crippen molar-refractivity contribution in [2.75, 3.05) is 24.5 Å². The molecular formula is C9H15ClN4. The molecule has 0 amide bonds. The minimum absolute atomic E-state index is 0. The van der Waals surface area contributed by atoms with Gasteiger partial charge in [0.2, 0.25) is 0 Å². The molecule has 5 heteroatoms. The third-order valence-electron chi connectivity index (χ3n) is 2.25. The Kier molecular flexibility index (Phi) is 4.10. The van der Waals surface area contributed by atoms with Gasteiger partial charge in [-0.15, -0.1) is 17.5 Å². The molecule has 1 aliphatic heterocycles. The number of hydrogen-bond acceptors (Lipinski definition) is 4. The predicted octanol–water partition coefficient (Wildman–Crippen LogP) is 0.696. The summed E-state index contributed by atoms with van der Waals surface area (Å²) in [6.45, 7) is 5.24. The highest BCUT2D eigenvalue weighted by molar-refractivity contribution is 5.85. The summed E-state index contributed by atoms with van der Waals surface area (Å²) in [5.41, 5.74) is 0. The Bertz CT molecular complexity index is 267. The van der Waals surface area contributed by atoms with E-state index in [1.54, 1.807) is 6.20 Å². The summed E-state index contributed by atoms with van der Waals surface area (Å²) < 4.78 is 0. The number of halogens is 1. The molecule has 0 aromatic carbocycles. The molecular weight excluding hydrogens is 200 g/mol. The second-order valence-corrected chi connectivity index (χ2v) is 3.38. The lowest BCUT2D eigenvalue weighted by Gasteiger charge is -2.32. The molecule has 1 atom stereocenters. The van der Waals surface area contributed by atoms with Gasteiger partial charge in [-0.3, -0.25) is 0 Å². The van der Waals surface area contributed by atoms with Crippen molar-refractivity contribution in [1.29, 1.82) is 0 Å². The molecule has 0 bridgehead atoms. The lowest BCUT2D eigenvalue weighted by molar-refractivity contribution is 0.481. The van der Waals surface area contributed by atoms with Crippen LogP contribution in [0.4, 0.5) is 5.82 Å². The van der Waals surface area contributed by atoms with E-state index < -0.39 is 0 Å². The highest BCUT2D eigenvalue weighted by Gasteiger charge is 2.16. The maximum Gasteiger partial charge on any atom is 0.151 e. The van der Waals surface area contributed by atoms with Gasteiger partial charge in [0, 0.05) is 31.9 Å². The van der Waals surface area contributed by atoms with E-state index in [0.29, 0.717) is 6.04 Å². The van der Waals surface area contributed by atoms with Gasteiger partial charge in [0.15, 0.2) is 5.82 Å². The van der Waals surface area contributed by atoms with Gasteiger partial charge >= 0.3 is 0 Å². The fourth-order valence-corrected chi connectivity index (χ4v) is 1.60. The molecule has 2 heterocycles. The van der Waals surface area contributed by atoms with E-state index in [1.807, 2.05) is 12.1 Å². The fourth-order valence-electron chi connectivity index (χ4n) is 1.60. The van der Waals surface area contributed by atoms with Crippen LogP contribution < -0.4 is 10.2 Å². The van der Waals surface area contributed by atoms with Gasteiger partial charge in [-0.25, -0.2) is 0 Å². The smallest absolute Gasteiger partial charge is 0.151 e. The van der Waals surface area contributed by atoms with Gasteiger partial charge in [0.25, 0.3) is 0 Å². The average Bonchev–Trinajstić information content (AvgIpc) is 2.19. The number of hydrogen-bond donors (Lipinski definition) is 1. The molecule has 78 valence electrons. The summed E-state index contributed by atoms with van der Waals surface area (Å²) in [4.78, 5) is 2.26. The predicted molar refractivity (Wildman–Crippen MR) is 59.0 cm³/mol. The molecule has 1 unspecified atom stereocenters. The minimum Gasteiger partial charge on any atom is -0.352 e. The van der Waals surface area contributed by atoms with E-state index in [2.05, 4.69) is 27.3 Å². The zero-order chi connectivity index (χ0) is 9.10. The Labute approximate surface area is 90.1 Å². The van der Waals surface area contributed by atoms with Crippen LogP contribution in [0.15, 0.2) is 18.3 Å². The number of anilines is 1. The van der Waals surface area contributed by atoms with Crippen molar-refractivity contribution in [3.05, 3.63) is 18.3 Å². The van der Waals surface area contributed by atoms with Crippen molar-refractivity contribution < 1.29 is 0 Å². The van der Waals surface area contributed by atoms with Crippen LogP contribution in [0.25, 0.3) is 0 Å². The highest BCUT2D eigenvalue weighted by atomic mass is 35.5. The summed E-state index contributed by atoms with van der Waals surface area (Å²) in [6.07, 6.45) is 1.70. The first-order chi connectivity index (χ1) is 6.36. The molecule has 0 radical (unpaired) electrons. The molecule has 1 N–H and O–H groups in total. The fraction of sp³-hybridized carbons (Fsp3) is 0.556. The minimum atomic E-state index is 0. The summed E-state index contributed by atoms with van der Waals surface area (Å²) >= 11 is 0. The molecule has 1 aliphatic rings. The second kappa shape index (κ2) is 5.12. The molecule has 1 aromatic heterocycles. The van der Waals surface area contributed by atoms with Crippen LogP contribution in [0.2, 0.25) is 0 Å². The van der Waals surface area contributed by atoms with E-state index >= 15 is 0 Å². The molecule has 0 spiro atoms. The van der Waals surface area contributed by atoms with Crippen LogP contribution in [0.5, 0.6) is 0 Å². The summed E-state index contributed by atoms with van der Waals surface area (Å²) in [5.74, 6) is 0.982. The SMILES string of the molecule is CC1CN(c2cccnn2)CCN1.Cl. The second-order valence-electron chi connectivity index (χ2n) is 3.38. The molecule has 14 heavy (non-hydrogen) atoms. The number of piperazine rings is 1. The van der Waals surface area contributed by atoms with Gasteiger partial charge in [0.1, 0.15) is 0 Å². The van der Waals surface area contributed by atoms with E-state index in [1.165, 1.54) is 0 Å². The highest BCUT2D eigenvalue weighted by Crippen LogP contribution is 2.10. The van der Waals surface area contributed by atoms with Crippen LogP contribution in [0.3, 0.4) is 0 Å². The lowest BCUT2D eigenvalue weighted by atomic mass is 10.2. The van der Waals surface area contributed by atoms with Crippen LogP contribution in [0.1, 0.15) is 6.92 Å². The molecule has 4 nitrogen and oxygen atoms in total. The summed E-state index contributed by atoms with van der Waals surface area (Å²) in [6, 6.07) is 4.47. The van der Waals surface area contributed by atoms with Crippen molar-refractivity contribution in [1.82, 2.24) is 15.5 Å². The molecule has 1 saturated heterocycles. The van der Waals surface area contributed by atoms with Crippen molar-refractivity contribution in [2.24, 2.45) is 0 Å². The molecule has 0 aliphatic carbocycles. The largest absolute Gasteiger partial charge is 0.352 e.